The first-order valence-corrected chi connectivity index (χ1v) is 4.81. The maximum absolute atomic E-state index is 13.0. The van der Waals surface area contributed by atoms with Crippen LogP contribution < -0.4 is 11.3 Å². The van der Waals surface area contributed by atoms with Gasteiger partial charge in [-0.15, -0.1) is 6.58 Å². The molecule has 0 aliphatic heterocycles. The van der Waals surface area contributed by atoms with Crippen LogP contribution in [-0.4, -0.2) is 0 Å². The van der Waals surface area contributed by atoms with Crippen molar-refractivity contribution in [2.45, 2.75) is 18.9 Å². The Morgan fingerprint density at radius 2 is 1.88 bits per heavy atom. The molecule has 0 aliphatic carbocycles. The Labute approximate surface area is 91.9 Å². The number of hydrogen-bond donors (Lipinski definition) is 2. The molecule has 88 valence electrons. The highest BCUT2D eigenvalue weighted by molar-refractivity contribution is 5.22. The van der Waals surface area contributed by atoms with Gasteiger partial charge in [0.15, 0.2) is 17.5 Å². The second-order valence-electron chi connectivity index (χ2n) is 3.38. The van der Waals surface area contributed by atoms with Gasteiger partial charge >= 0.3 is 0 Å². The predicted molar refractivity (Wildman–Crippen MR) is 55.8 cm³/mol. The SMILES string of the molecule is C=CCCC(NN)c1cc(F)c(F)c(F)c1. The third-order valence-corrected chi connectivity index (χ3v) is 2.27. The first-order chi connectivity index (χ1) is 7.60. The minimum absolute atomic E-state index is 0.278. The van der Waals surface area contributed by atoms with Crippen LogP contribution in [0.4, 0.5) is 13.2 Å². The largest absolute Gasteiger partial charge is 0.271 e. The second-order valence-corrected chi connectivity index (χ2v) is 3.38. The summed E-state index contributed by atoms with van der Waals surface area (Å²) in [5, 5.41) is 0. The van der Waals surface area contributed by atoms with E-state index in [9.17, 15) is 13.2 Å². The summed E-state index contributed by atoms with van der Waals surface area (Å²) >= 11 is 0. The van der Waals surface area contributed by atoms with Crippen molar-refractivity contribution in [2.24, 2.45) is 5.84 Å². The molecule has 0 amide bonds. The normalized spacial score (nSPS) is 12.5. The number of nitrogens with two attached hydrogens (primary N) is 1. The number of halogens is 3. The van der Waals surface area contributed by atoms with Crippen molar-refractivity contribution >= 4 is 0 Å². The van der Waals surface area contributed by atoms with Crippen molar-refractivity contribution in [1.82, 2.24) is 5.43 Å². The van der Waals surface area contributed by atoms with Crippen molar-refractivity contribution in [3.05, 3.63) is 47.8 Å². The summed E-state index contributed by atoms with van der Waals surface area (Å²) in [6.07, 6.45) is 2.83. The molecule has 16 heavy (non-hydrogen) atoms. The summed E-state index contributed by atoms with van der Waals surface area (Å²) in [5.74, 6) is 1.36. The number of nitrogens with one attached hydrogen (secondary N) is 1. The number of rotatable bonds is 5. The highest BCUT2D eigenvalue weighted by Crippen LogP contribution is 2.22. The molecule has 5 heteroatoms. The minimum Gasteiger partial charge on any atom is -0.271 e. The molecule has 0 fully saturated rings. The molecule has 0 aromatic heterocycles. The fourth-order valence-electron chi connectivity index (χ4n) is 1.41. The maximum Gasteiger partial charge on any atom is 0.194 e. The molecular weight excluding hydrogens is 217 g/mol. The Balaban J connectivity index is 2.96. The van der Waals surface area contributed by atoms with Crippen molar-refractivity contribution in [3.8, 4) is 0 Å². The van der Waals surface area contributed by atoms with E-state index in [0.717, 1.165) is 12.1 Å². The molecule has 3 N–H and O–H groups in total. The van der Waals surface area contributed by atoms with Gasteiger partial charge in [-0.1, -0.05) is 6.08 Å². The summed E-state index contributed by atoms with van der Waals surface area (Å²) in [6.45, 7) is 3.53. The van der Waals surface area contributed by atoms with Crippen LogP contribution in [0.5, 0.6) is 0 Å². The van der Waals surface area contributed by atoms with Gasteiger partial charge in [-0.2, -0.15) is 0 Å². The summed E-state index contributed by atoms with van der Waals surface area (Å²) in [6, 6.07) is 1.44. The lowest BCUT2D eigenvalue weighted by Crippen LogP contribution is -2.28. The van der Waals surface area contributed by atoms with Crippen LogP contribution >= 0.6 is 0 Å². The van der Waals surface area contributed by atoms with Gasteiger partial charge in [-0.25, -0.2) is 13.2 Å². The van der Waals surface area contributed by atoms with Gasteiger partial charge in [0.2, 0.25) is 0 Å². The molecular formula is C11H13F3N2. The third-order valence-electron chi connectivity index (χ3n) is 2.27. The Hall–Kier alpha value is -1.33. The van der Waals surface area contributed by atoms with Crippen LogP contribution in [0, 0.1) is 17.5 Å². The van der Waals surface area contributed by atoms with Crippen molar-refractivity contribution < 1.29 is 13.2 Å². The molecule has 1 unspecified atom stereocenters. The summed E-state index contributed by atoms with van der Waals surface area (Å²) in [7, 11) is 0. The van der Waals surface area contributed by atoms with Gasteiger partial charge in [0, 0.05) is 6.04 Å². The highest BCUT2D eigenvalue weighted by atomic mass is 19.2. The lowest BCUT2D eigenvalue weighted by molar-refractivity contribution is 0.437. The summed E-state index contributed by atoms with van der Waals surface area (Å²) in [4.78, 5) is 0. The summed E-state index contributed by atoms with van der Waals surface area (Å²) < 4.78 is 38.6. The first-order valence-electron chi connectivity index (χ1n) is 4.81. The van der Waals surface area contributed by atoms with Gasteiger partial charge in [0.1, 0.15) is 0 Å². The summed E-state index contributed by atoms with van der Waals surface area (Å²) in [5.41, 5.74) is 2.70. The Morgan fingerprint density at radius 3 is 2.31 bits per heavy atom. The van der Waals surface area contributed by atoms with Gasteiger partial charge < -0.3 is 0 Å². The molecule has 0 bridgehead atoms. The predicted octanol–water partition coefficient (Wildman–Crippen LogP) is 2.57. The van der Waals surface area contributed by atoms with Crippen LogP contribution in [0.3, 0.4) is 0 Å². The fraction of sp³-hybridized carbons (Fsp3) is 0.273. The molecule has 1 atom stereocenters. The van der Waals surface area contributed by atoms with Gasteiger partial charge in [-0.05, 0) is 30.5 Å². The van der Waals surface area contributed by atoms with Gasteiger partial charge in [0.25, 0.3) is 0 Å². The van der Waals surface area contributed by atoms with E-state index in [1.54, 1.807) is 6.08 Å². The minimum atomic E-state index is -1.47. The van der Waals surface area contributed by atoms with Crippen molar-refractivity contribution in [3.63, 3.8) is 0 Å². The van der Waals surface area contributed by atoms with E-state index >= 15 is 0 Å². The van der Waals surface area contributed by atoms with Crippen LogP contribution in [0.2, 0.25) is 0 Å². The average Bonchev–Trinajstić information content (AvgIpc) is 2.26. The molecule has 1 rings (SSSR count). The van der Waals surface area contributed by atoms with E-state index in [0.29, 0.717) is 12.8 Å². The Bertz CT molecular complexity index is 356. The molecule has 0 heterocycles. The van der Waals surface area contributed by atoms with Crippen molar-refractivity contribution in [1.29, 1.82) is 0 Å². The van der Waals surface area contributed by atoms with E-state index in [-0.39, 0.29) is 5.56 Å². The first kappa shape index (κ1) is 12.7. The van der Waals surface area contributed by atoms with Gasteiger partial charge in [-0.3, -0.25) is 11.3 Å². The smallest absolute Gasteiger partial charge is 0.194 e. The Kier molecular flexibility index (Phi) is 4.52. The molecule has 0 aliphatic rings. The molecule has 2 nitrogen and oxygen atoms in total. The molecule has 0 spiro atoms. The van der Waals surface area contributed by atoms with Crippen LogP contribution in [0.15, 0.2) is 24.8 Å². The molecule has 1 aromatic carbocycles. The highest BCUT2D eigenvalue weighted by Gasteiger charge is 2.15. The molecule has 0 saturated heterocycles. The Morgan fingerprint density at radius 1 is 1.31 bits per heavy atom. The van der Waals surface area contributed by atoms with E-state index in [1.807, 2.05) is 0 Å². The number of hydrazine groups is 1. The standard InChI is InChI=1S/C11H13F3N2/c1-2-3-4-10(16-15)7-5-8(12)11(14)9(13)6-7/h2,5-6,10,16H,1,3-4,15H2. The van der Waals surface area contributed by atoms with Crippen LogP contribution in [0.25, 0.3) is 0 Å². The lowest BCUT2D eigenvalue weighted by atomic mass is 10.0. The second kappa shape index (κ2) is 5.67. The third kappa shape index (κ3) is 2.84. The average molecular weight is 230 g/mol. The van der Waals surface area contributed by atoms with Crippen LogP contribution in [0.1, 0.15) is 24.4 Å². The van der Waals surface area contributed by atoms with Gasteiger partial charge in [0.05, 0.1) is 0 Å². The maximum atomic E-state index is 13.0. The zero-order chi connectivity index (χ0) is 12.1. The van der Waals surface area contributed by atoms with E-state index in [1.165, 1.54) is 0 Å². The fourth-order valence-corrected chi connectivity index (χ4v) is 1.41. The molecule has 0 radical (unpaired) electrons. The zero-order valence-electron chi connectivity index (χ0n) is 8.64. The number of allylic oxidation sites excluding steroid dienone is 1. The molecule has 0 saturated carbocycles. The zero-order valence-corrected chi connectivity index (χ0v) is 8.64. The van der Waals surface area contributed by atoms with Crippen molar-refractivity contribution in [2.75, 3.05) is 0 Å². The quantitative estimate of drug-likeness (QED) is 0.353. The topological polar surface area (TPSA) is 38.0 Å². The lowest BCUT2D eigenvalue weighted by Gasteiger charge is -2.15. The number of hydrogen-bond acceptors (Lipinski definition) is 2. The van der Waals surface area contributed by atoms with E-state index in [2.05, 4.69) is 12.0 Å². The van der Waals surface area contributed by atoms with E-state index in [4.69, 9.17) is 5.84 Å². The van der Waals surface area contributed by atoms with E-state index < -0.39 is 23.5 Å². The monoisotopic (exact) mass is 230 g/mol. The van der Waals surface area contributed by atoms with Crippen LogP contribution in [-0.2, 0) is 0 Å². The molecule has 1 aromatic rings. The number of benzene rings is 1.